The van der Waals surface area contributed by atoms with Crippen molar-refractivity contribution in [3.8, 4) is 11.5 Å². The Labute approximate surface area is 193 Å². The molecule has 0 saturated carbocycles. The van der Waals surface area contributed by atoms with Gasteiger partial charge in [-0.3, -0.25) is 0 Å². The number of nitrogens with zero attached hydrogens (tertiary/aromatic N) is 2. The average Bonchev–Trinajstić information content (AvgIpc) is 3.56. The maximum Gasteiger partial charge on any atom is 0.157 e. The summed E-state index contributed by atoms with van der Waals surface area (Å²) in [5, 5.41) is 7.26. The molecule has 3 N–H and O–H groups in total. The molecular formula is C25H25F4N5. The van der Waals surface area contributed by atoms with Crippen molar-refractivity contribution >= 4 is 21.9 Å². The van der Waals surface area contributed by atoms with Gasteiger partial charge in [-0.1, -0.05) is 0 Å². The van der Waals surface area contributed by atoms with Crippen molar-refractivity contribution in [1.82, 2.24) is 25.2 Å². The molecule has 0 bridgehead atoms. The first kappa shape index (κ1) is 21.6. The van der Waals surface area contributed by atoms with E-state index in [-0.39, 0.29) is 17.9 Å². The molecule has 2 saturated heterocycles. The van der Waals surface area contributed by atoms with E-state index in [1.54, 1.807) is 12.1 Å². The van der Waals surface area contributed by atoms with Crippen LogP contribution in [0.25, 0.3) is 33.5 Å². The molecule has 4 atom stereocenters. The summed E-state index contributed by atoms with van der Waals surface area (Å²) >= 11 is 0. The number of fused-ring (bicyclic) bond motifs is 2. The number of halogens is 4. The summed E-state index contributed by atoms with van der Waals surface area (Å²) in [4.78, 5) is 8.08. The molecule has 6 rings (SSSR count). The first-order valence-electron chi connectivity index (χ1n) is 11.7. The summed E-state index contributed by atoms with van der Waals surface area (Å²) in [5.41, 5.74) is 3.44. The number of benzene rings is 2. The fourth-order valence-corrected chi connectivity index (χ4v) is 5.41. The van der Waals surface area contributed by atoms with Gasteiger partial charge < -0.3 is 20.2 Å². The average molecular weight is 472 g/mol. The Balaban J connectivity index is 1.51. The molecule has 0 aliphatic carbocycles. The minimum absolute atomic E-state index is 0.0585. The van der Waals surface area contributed by atoms with Crippen LogP contribution in [0.15, 0.2) is 36.4 Å². The molecule has 0 radical (unpaired) electrons. The smallest absolute Gasteiger partial charge is 0.157 e. The highest BCUT2D eigenvalue weighted by molar-refractivity contribution is 5.91. The number of nitrogens with one attached hydrogen (secondary N) is 3. The molecule has 0 unspecified atom stereocenters. The van der Waals surface area contributed by atoms with E-state index in [1.807, 2.05) is 4.57 Å². The number of hydrogen-bond donors (Lipinski definition) is 3. The van der Waals surface area contributed by atoms with Crippen LogP contribution >= 0.6 is 0 Å². The van der Waals surface area contributed by atoms with Gasteiger partial charge in [-0.2, -0.15) is 0 Å². The largest absolute Gasteiger partial charge is 0.352 e. The van der Waals surface area contributed by atoms with Crippen LogP contribution in [0.1, 0.15) is 18.4 Å². The highest BCUT2D eigenvalue weighted by atomic mass is 19.1. The van der Waals surface area contributed by atoms with Crippen LogP contribution in [-0.2, 0) is 13.0 Å². The third kappa shape index (κ3) is 3.86. The minimum Gasteiger partial charge on any atom is -0.352 e. The molecule has 2 aliphatic rings. The van der Waals surface area contributed by atoms with E-state index < -0.39 is 18.2 Å². The first-order chi connectivity index (χ1) is 16.4. The molecule has 0 spiro atoms. The highest BCUT2D eigenvalue weighted by Crippen LogP contribution is 2.35. The molecule has 2 aromatic heterocycles. The van der Waals surface area contributed by atoms with Crippen molar-refractivity contribution in [3.05, 3.63) is 53.6 Å². The Kier molecular flexibility index (Phi) is 5.33. The van der Waals surface area contributed by atoms with Crippen molar-refractivity contribution in [3.63, 3.8) is 0 Å². The van der Waals surface area contributed by atoms with Gasteiger partial charge in [0.15, 0.2) is 5.82 Å². The lowest BCUT2D eigenvalue weighted by molar-refractivity contribution is 0.352. The zero-order valence-corrected chi connectivity index (χ0v) is 18.4. The van der Waals surface area contributed by atoms with Gasteiger partial charge in [-0.05, 0) is 55.2 Å². The first-order valence-corrected chi connectivity index (χ1v) is 11.7. The van der Waals surface area contributed by atoms with Gasteiger partial charge in [0.25, 0.3) is 0 Å². The Morgan fingerprint density at radius 3 is 2.35 bits per heavy atom. The Morgan fingerprint density at radius 2 is 1.62 bits per heavy atom. The van der Waals surface area contributed by atoms with Crippen LogP contribution < -0.4 is 10.6 Å². The van der Waals surface area contributed by atoms with E-state index in [1.165, 1.54) is 24.3 Å². The van der Waals surface area contributed by atoms with Crippen LogP contribution in [0.2, 0.25) is 0 Å². The second-order valence-electron chi connectivity index (χ2n) is 9.43. The van der Waals surface area contributed by atoms with Gasteiger partial charge in [0, 0.05) is 48.7 Å². The maximum atomic E-state index is 14.0. The quantitative estimate of drug-likeness (QED) is 0.378. The maximum absolute atomic E-state index is 14.0. The lowest BCUT2D eigenvalue weighted by Gasteiger charge is -2.16. The number of imidazole rings is 1. The number of alkyl halides is 2. The molecule has 2 aliphatic heterocycles. The predicted molar refractivity (Wildman–Crippen MR) is 123 cm³/mol. The number of rotatable bonds is 5. The lowest BCUT2D eigenvalue weighted by Crippen LogP contribution is -2.27. The van der Waals surface area contributed by atoms with Crippen molar-refractivity contribution in [1.29, 1.82) is 0 Å². The summed E-state index contributed by atoms with van der Waals surface area (Å²) in [7, 11) is 0. The second kappa shape index (κ2) is 8.39. The van der Waals surface area contributed by atoms with Gasteiger partial charge >= 0.3 is 0 Å². The molecule has 2 aromatic carbocycles. The zero-order valence-electron chi connectivity index (χ0n) is 18.4. The van der Waals surface area contributed by atoms with Crippen LogP contribution in [-0.4, -0.2) is 52.1 Å². The van der Waals surface area contributed by atoms with E-state index in [0.29, 0.717) is 61.4 Å². The monoisotopic (exact) mass is 471 g/mol. The number of H-pyrrole nitrogens is 1. The summed E-state index contributed by atoms with van der Waals surface area (Å²) in [6, 6.07) is 8.85. The number of hydrogen-bond acceptors (Lipinski definition) is 3. The van der Waals surface area contributed by atoms with E-state index in [9.17, 15) is 17.6 Å². The Bertz CT molecular complexity index is 1260. The summed E-state index contributed by atoms with van der Waals surface area (Å²) in [6.07, 6.45) is -0.485. The fourth-order valence-electron chi connectivity index (χ4n) is 5.41. The summed E-state index contributed by atoms with van der Waals surface area (Å²) in [6.45, 7) is 1.07. The van der Waals surface area contributed by atoms with Crippen LogP contribution in [0, 0.1) is 11.6 Å². The fraction of sp³-hybridized carbons (Fsp3) is 0.400. The second-order valence-corrected chi connectivity index (χ2v) is 9.43. The van der Waals surface area contributed by atoms with Gasteiger partial charge in [0.05, 0.1) is 16.7 Å². The van der Waals surface area contributed by atoms with Gasteiger partial charge in [-0.25, -0.2) is 22.5 Å². The standard InChI is InChI=1S/C25H25F4N5/c26-13-1-3-19-20(9-17-5-15(28)10-30-17)24(32-21(19)7-13)25-33-22-8-14(27)2-4-23(22)34(25)12-18-6-16(29)11-31-18/h1-4,7-8,15-18,30-32H,5-6,9-12H2/t15-,16-,17-,18+/m0/s1. The van der Waals surface area contributed by atoms with Crippen molar-refractivity contribution < 1.29 is 17.6 Å². The summed E-state index contributed by atoms with van der Waals surface area (Å²) < 4.78 is 57.8. The van der Waals surface area contributed by atoms with E-state index >= 15 is 0 Å². The molecule has 5 nitrogen and oxygen atoms in total. The van der Waals surface area contributed by atoms with Gasteiger partial charge in [-0.15, -0.1) is 0 Å². The van der Waals surface area contributed by atoms with Gasteiger partial charge in [0.2, 0.25) is 0 Å². The van der Waals surface area contributed by atoms with Gasteiger partial charge in [0.1, 0.15) is 24.0 Å². The Morgan fingerprint density at radius 1 is 0.912 bits per heavy atom. The molecule has 0 amide bonds. The minimum atomic E-state index is -0.908. The third-order valence-corrected chi connectivity index (χ3v) is 6.99. The van der Waals surface area contributed by atoms with Crippen LogP contribution in [0.4, 0.5) is 17.6 Å². The highest BCUT2D eigenvalue weighted by Gasteiger charge is 2.29. The topological polar surface area (TPSA) is 57.7 Å². The predicted octanol–water partition coefficient (Wildman–Crippen LogP) is 4.41. The third-order valence-electron chi connectivity index (χ3n) is 6.99. The molecule has 4 aromatic rings. The number of aromatic nitrogens is 3. The molecule has 9 heteroatoms. The van der Waals surface area contributed by atoms with Crippen LogP contribution in [0.3, 0.4) is 0 Å². The van der Waals surface area contributed by atoms with Crippen molar-refractivity contribution in [2.75, 3.05) is 13.1 Å². The molecule has 178 valence electrons. The lowest BCUT2D eigenvalue weighted by atomic mass is 10.0. The summed E-state index contributed by atoms with van der Waals surface area (Å²) in [5.74, 6) is -0.185. The SMILES string of the molecule is Fc1ccc2c(c1)nc(-c1[nH]c3cc(F)ccc3c1C[C@@H]1C[C@H](F)CN1)n2C[C@H]1C[C@H](F)CN1. The van der Waals surface area contributed by atoms with E-state index in [2.05, 4.69) is 15.6 Å². The Hall–Kier alpha value is -2.91. The number of aromatic amines is 1. The molecule has 4 heterocycles. The molecular weight excluding hydrogens is 446 g/mol. The normalized spacial score (nSPS) is 25.2. The van der Waals surface area contributed by atoms with Crippen LogP contribution in [0.5, 0.6) is 0 Å². The van der Waals surface area contributed by atoms with E-state index in [4.69, 9.17) is 4.98 Å². The molecule has 34 heavy (non-hydrogen) atoms. The van der Waals surface area contributed by atoms with E-state index in [0.717, 1.165) is 16.5 Å². The van der Waals surface area contributed by atoms with Crippen molar-refractivity contribution in [2.45, 2.75) is 50.2 Å². The molecule has 2 fully saturated rings. The van der Waals surface area contributed by atoms with Crippen molar-refractivity contribution in [2.24, 2.45) is 0 Å². The zero-order chi connectivity index (χ0) is 23.4.